The van der Waals surface area contributed by atoms with Crippen molar-refractivity contribution in [3.8, 4) is 28.3 Å². The molecule has 10 aromatic rings. The van der Waals surface area contributed by atoms with Crippen LogP contribution in [0, 0.1) is 0 Å². The van der Waals surface area contributed by atoms with Gasteiger partial charge in [0.25, 0.3) is 0 Å². The molecule has 0 spiro atoms. The lowest BCUT2D eigenvalue weighted by molar-refractivity contribution is 0.620. The highest BCUT2D eigenvalue weighted by Gasteiger charge is 2.22. The molecule has 0 bridgehead atoms. The Morgan fingerprint density at radius 2 is 1.04 bits per heavy atom. The molecule has 10 rings (SSSR count). The van der Waals surface area contributed by atoms with Crippen molar-refractivity contribution < 1.29 is 4.42 Å². The van der Waals surface area contributed by atoms with Gasteiger partial charge < -0.3 is 13.9 Å². The smallest absolute Gasteiger partial charge is 0.227 e. The van der Waals surface area contributed by atoms with Gasteiger partial charge in [-0.1, -0.05) is 121 Å². The summed E-state index contributed by atoms with van der Waals surface area (Å²) in [5, 5.41) is 4.53. The Bertz CT molecular complexity index is 2850. The van der Waals surface area contributed by atoms with E-state index in [9.17, 15) is 0 Å². The molecule has 8 aromatic carbocycles. The van der Waals surface area contributed by atoms with Gasteiger partial charge in [-0.15, -0.1) is 0 Å². The lowest BCUT2D eigenvalue weighted by Gasteiger charge is -2.27. The number of para-hydroxylation sites is 2. The first-order valence-corrected chi connectivity index (χ1v) is 17.2. The summed E-state index contributed by atoms with van der Waals surface area (Å²) in [5.74, 6) is 0.612. The van der Waals surface area contributed by atoms with Crippen LogP contribution >= 0.6 is 0 Å². The molecule has 0 unspecified atom stereocenters. The SMILES string of the molecule is c1ccc(-c2cccc(N(c3ccc4c(c3)c3ccccc3n4-c3ccccc3)c3cc4oc(-c5ccccc5)nc4c4ccccc34)c2)cc1. The van der Waals surface area contributed by atoms with Crippen molar-refractivity contribution in [3.63, 3.8) is 0 Å². The molecule has 4 heteroatoms. The lowest BCUT2D eigenvalue weighted by atomic mass is 10.0. The third-order valence-electron chi connectivity index (χ3n) is 9.78. The Hall–Kier alpha value is -6.91. The predicted octanol–water partition coefficient (Wildman–Crippen LogP) is 12.9. The van der Waals surface area contributed by atoms with Gasteiger partial charge in [-0.2, -0.15) is 0 Å². The largest absolute Gasteiger partial charge is 0.436 e. The minimum Gasteiger partial charge on any atom is -0.436 e. The normalized spacial score (nSPS) is 11.5. The highest BCUT2D eigenvalue weighted by atomic mass is 16.3. The second kappa shape index (κ2) is 11.9. The van der Waals surface area contributed by atoms with Crippen LogP contribution in [0.1, 0.15) is 0 Å². The highest BCUT2D eigenvalue weighted by molar-refractivity contribution is 6.14. The van der Waals surface area contributed by atoms with Crippen molar-refractivity contribution >= 4 is 60.7 Å². The zero-order chi connectivity index (χ0) is 33.7. The van der Waals surface area contributed by atoms with E-state index in [1.54, 1.807) is 0 Å². The molecule has 0 fully saturated rings. The van der Waals surface area contributed by atoms with Gasteiger partial charge in [-0.3, -0.25) is 0 Å². The molecule has 51 heavy (non-hydrogen) atoms. The van der Waals surface area contributed by atoms with E-state index in [2.05, 4.69) is 167 Å². The van der Waals surface area contributed by atoms with E-state index in [1.807, 2.05) is 30.3 Å². The Morgan fingerprint density at radius 3 is 1.82 bits per heavy atom. The molecule has 2 aromatic heterocycles. The monoisotopic (exact) mass is 653 g/mol. The van der Waals surface area contributed by atoms with E-state index in [1.165, 1.54) is 21.9 Å². The Labute approximate surface area is 295 Å². The first kappa shape index (κ1) is 29.0. The van der Waals surface area contributed by atoms with Gasteiger partial charge in [0.05, 0.1) is 16.7 Å². The van der Waals surface area contributed by atoms with Crippen LogP contribution in [0.25, 0.3) is 71.9 Å². The molecule has 0 saturated heterocycles. The van der Waals surface area contributed by atoms with Gasteiger partial charge in [0.15, 0.2) is 5.58 Å². The summed E-state index contributed by atoms with van der Waals surface area (Å²) >= 11 is 0. The minimum atomic E-state index is 0.612. The number of oxazole rings is 1. The number of nitrogens with zero attached hydrogens (tertiary/aromatic N) is 3. The molecule has 0 atom stereocenters. The number of fused-ring (bicyclic) bond motifs is 6. The molecule has 2 heterocycles. The molecule has 0 aliphatic heterocycles. The molecule has 0 aliphatic rings. The van der Waals surface area contributed by atoms with E-state index >= 15 is 0 Å². The average Bonchev–Trinajstić information content (AvgIpc) is 3.79. The van der Waals surface area contributed by atoms with Crippen LogP contribution < -0.4 is 4.90 Å². The van der Waals surface area contributed by atoms with Crippen LogP contribution in [-0.4, -0.2) is 9.55 Å². The third-order valence-corrected chi connectivity index (χ3v) is 9.78. The maximum Gasteiger partial charge on any atom is 0.227 e. The first-order valence-electron chi connectivity index (χ1n) is 17.2. The molecule has 0 saturated carbocycles. The summed E-state index contributed by atoms with van der Waals surface area (Å²) in [6.45, 7) is 0. The lowest BCUT2D eigenvalue weighted by Crippen LogP contribution is -2.11. The van der Waals surface area contributed by atoms with Gasteiger partial charge in [0.2, 0.25) is 5.89 Å². The van der Waals surface area contributed by atoms with Crippen LogP contribution in [0.3, 0.4) is 0 Å². The van der Waals surface area contributed by atoms with E-state index < -0.39 is 0 Å². The zero-order valence-electron chi connectivity index (χ0n) is 27.6. The third kappa shape index (κ3) is 4.88. The minimum absolute atomic E-state index is 0.612. The second-order valence-electron chi connectivity index (χ2n) is 12.8. The number of hydrogen-bond donors (Lipinski definition) is 0. The molecule has 0 amide bonds. The van der Waals surface area contributed by atoms with Crippen molar-refractivity contribution in [1.82, 2.24) is 9.55 Å². The summed E-state index contributed by atoms with van der Waals surface area (Å²) in [6.07, 6.45) is 0. The van der Waals surface area contributed by atoms with Crippen molar-refractivity contribution in [2.75, 3.05) is 4.90 Å². The maximum atomic E-state index is 6.56. The molecular formula is C47H31N3O. The van der Waals surface area contributed by atoms with E-state index in [0.29, 0.717) is 5.89 Å². The Morgan fingerprint density at radius 1 is 0.431 bits per heavy atom. The highest BCUT2D eigenvalue weighted by Crippen LogP contribution is 2.45. The summed E-state index contributed by atoms with van der Waals surface area (Å²) in [5.41, 5.74) is 11.5. The van der Waals surface area contributed by atoms with Crippen LogP contribution in [0.15, 0.2) is 192 Å². The number of hydrogen-bond acceptors (Lipinski definition) is 3. The topological polar surface area (TPSA) is 34.2 Å². The zero-order valence-corrected chi connectivity index (χ0v) is 27.6. The van der Waals surface area contributed by atoms with Crippen LogP contribution in [0.2, 0.25) is 0 Å². The van der Waals surface area contributed by atoms with Crippen LogP contribution in [0.5, 0.6) is 0 Å². The van der Waals surface area contributed by atoms with Gasteiger partial charge in [-0.05, 0) is 71.8 Å². The molecule has 0 radical (unpaired) electrons. The quantitative estimate of drug-likeness (QED) is 0.179. The van der Waals surface area contributed by atoms with Gasteiger partial charge in [0, 0.05) is 50.2 Å². The van der Waals surface area contributed by atoms with Crippen LogP contribution in [-0.2, 0) is 0 Å². The fourth-order valence-electron chi connectivity index (χ4n) is 7.46. The van der Waals surface area contributed by atoms with Crippen molar-refractivity contribution in [2.24, 2.45) is 0 Å². The van der Waals surface area contributed by atoms with Crippen molar-refractivity contribution in [2.45, 2.75) is 0 Å². The second-order valence-corrected chi connectivity index (χ2v) is 12.8. The number of rotatable bonds is 6. The molecule has 0 N–H and O–H groups in total. The summed E-state index contributed by atoms with van der Waals surface area (Å²) in [4.78, 5) is 7.40. The number of benzene rings is 8. The average molecular weight is 654 g/mol. The summed E-state index contributed by atoms with van der Waals surface area (Å²) in [7, 11) is 0. The van der Waals surface area contributed by atoms with Crippen LogP contribution in [0.4, 0.5) is 17.1 Å². The van der Waals surface area contributed by atoms with E-state index in [4.69, 9.17) is 9.40 Å². The molecule has 240 valence electrons. The fraction of sp³-hybridized carbons (Fsp3) is 0. The van der Waals surface area contributed by atoms with Crippen molar-refractivity contribution in [3.05, 3.63) is 188 Å². The summed E-state index contributed by atoms with van der Waals surface area (Å²) < 4.78 is 8.91. The molecular weight excluding hydrogens is 623 g/mol. The van der Waals surface area contributed by atoms with Gasteiger partial charge in [0.1, 0.15) is 5.52 Å². The summed E-state index contributed by atoms with van der Waals surface area (Å²) in [6, 6.07) is 66.2. The standard InChI is InChI=1S/C47H31N3O/c1-4-15-32(16-5-1)34-19-14-22-36(29-34)49(37-27-28-43-41(30-37)39-24-12-13-26-42(39)50(43)35-20-8-3-9-21-35)44-31-45-46(40-25-11-10-23-38(40)44)48-47(51-45)33-17-6-2-7-18-33/h1-31H. The Kier molecular flexibility index (Phi) is 6.78. The Balaban J connectivity index is 1.25. The number of aromatic nitrogens is 2. The predicted molar refractivity (Wildman–Crippen MR) is 211 cm³/mol. The van der Waals surface area contributed by atoms with Gasteiger partial charge >= 0.3 is 0 Å². The fourth-order valence-corrected chi connectivity index (χ4v) is 7.46. The van der Waals surface area contributed by atoms with E-state index in [0.717, 1.165) is 61.3 Å². The molecule has 4 nitrogen and oxygen atoms in total. The van der Waals surface area contributed by atoms with E-state index in [-0.39, 0.29) is 0 Å². The van der Waals surface area contributed by atoms with Gasteiger partial charge in [-0.25, -0.2) is 4.98 Å². The first-order chi connectivity index (χ1) is 25.3. The van der Waals surface area contributed by atoms with Crippen molar-refractivity contribution in [1.29, 1.82) is 0 Å². The maximum absolute atomic E-state index is 6.56. The number of anilines is 3. The molecule has 0 aliphatic carbocycles.